The van der Waals surface area contributed by atoms with Crippen LogP contribution in [-0.2, 0) is 19.0 Å². The molecule has 25 heavy (non-hydrogen) atoms. The van der Waals surface area contributed by atoms with Crippen LogP contribution < -0.4 is 10.6 Å². The molecule has 0 aromatic heterocycles. The maximum atomic E-state index is 12.1. The van der Waals surface area contributed by atoms with Crippen LogP contribution in [0, 0.1) is 0 Å². The van der Waals surface area contributed by atoms with Crippen molar-refractivity contribution < 1.29 is 23.8 Å². The number of amides is 2. The molecular formula is C18H30N2O5. The maximum Gasteiger partial charge on any atom is 0.408 e. The number of carbonyl (C=O) groups excluding carboxylic acids is 2. The summed E-state index contributed by atoms with van der Waals surface area (Å²) in [7, 11) is 0. The quantitative estimate of drug-likeness (QED) is 0.729. The van der Waals surface area contributed by atoms with Crippen LogP contribution >= 0.6 is 0 Å². The molecule has 0 spiro atoms. The lowest BCUT2D eigenvalue weighted by molar-refractivity contribution is -0.152. The molecule has 0 unspecified atom stereocenters. The maximum absolute atomic E-state index is 12.1. The lowest BCUT2D eigenvalue weighted by atomic mass is 9.44. The van der Waals surface area contributed by atoms with Crippen molar-refractivity contribution >= 4 is 12.0 Å². The van der Waals surface area contributed by atoms with E-state index in [0.717, 1.165) is 38.7 Å². The lowest BCUT2D eigenvalue weighted by Crippen LogP contribution is -2.84. The molecule has 0 saturated heterocycles. The molecule has 4 rings (SSSR count). The van der Waals surface area contributed by atoms with E-state index < -0.39 is 5.60 Å². The zero-order valence-electron chi connectivity index (χ0n) is 15.6. The highest BCUT2D eigenvalue weighted by atomic mass is 16.6. The molecule has 4 saturated carbocycles. The molecule has 2 bridgehead atoms. The molecule has 4 aliphatic rings. The SMILES string of the molecule is CCO[C@H]1C[C@@H](OCC(=O)NC23CC(NC(=O)OC(C)(C)C)(C2)C3)C1. The Hall–Kier alpha value is -1.34. The van der Waals surface area contributed by atoms with Crippen LogP contribution in [0.3, 0.4) is 0 Å². The number of alkyl carbamates (subject to hydrolysis) is 1. The lowest BCUT2D eigenvalue weighted by Gasteiger charge is -2.70. The van der Waals surface area contributed by atoms with Crippen molar-refractivity contribution in [3.8, 4) is 0 Å². The Balaban J connectivity index is 1.30. The highest BCUT2D eigenvalue weighted by molar-refractivity contribution is 5.79. The highest BCUT2D eigenvalue weighted by Crippen LogP contribution is 2.60. The third kappa shape index (κ3) is 4.26. The minimum absolute atomic E-state index is 0.0783. The number of ether oxygens (including phenoxy) is 3. The van der Waals surface area contributed by atoms with Gasteiger partial charge >= 0.3 is 6.09 Å². The van der Waals surface area contributed by atoms with Gasteiger partial charge in [0.05, 0.1) is 17.7 Å². The summed E-state index contributed by atoms with van der Waals surface area (Å²) in [6, 6.07) is 0. The molecule has 0 aliphatic heterocycles. The summed E-state index contributed by atoms with van der Waals surface area (Å²) >= 11 is 0. The van der Waals surface area contributed by atoms with Gasteiger partial charge in [0.2, 0.25) is 5.91 Å². The van der Waals surface area contributed by atoms with Crippen LogP contribution in [-0.4, -0.2) is 54.1 Å². The fourth-order valence-electron chi connectivity index (χ4n) is 4.12. The van der Waals surface area contributed by atoms with E-state index in [9.17, 15) is 9.59 Å². The summed E-state index contributed by atoms with van der Waals surface area (Å²) in [5, 5.41) is 6.00. The van der Waals surface area contributed by atoms with Crippen molar-refractivity contribution in [2.45, 2.75) is 88.7 Å². The minimum atomic E-state index is -0.500. The summed E-state index contributed by atoms with van der Waals surface area (Å²) in [5.41, 5.74) is -0.863. The number of rotatable bonds is 7. The topological polar surface area (TPSA) is 85.9 Å². The molecule has 7 heteroatoms. The Morgan fingerprint density at radius 3 is 2.12 bits per heavy atom. The highest BCUT2D eigenvalue weighted by Gasteiger charge is 2.69. The van der Waals surface area contributed by atoms with Gasteiger partial charge in [0.25, 0.3) is 0 Å². The van der Waals surface area contributed by atoms with Gasteiger partial charge in [0.1, 0.15) is 12.2 Å². The van der Waals surface area contributed by atoms with Gasteiger partial charge in [-0.05, 0) is 59.8 Å². The molecule has 0 heterocycles. The van der Waals surface area contributed by atoms with Crippen molar-refractivity contribution in [1.29, 1.82) is 0 Å². The molecule has 0 aromatic carbocycles. The van der Waals surface area contributed by atoms with Crippen LogP contribution in [0.25, 0.3) is 0 Å². The molecule has 142 valence electrons. The molecule has 0 aromatic rings. The monoisotopic (exact) mass is 354 g/mol. The largest absolute Gasteiger partial charge is 0.444 e. The summed E-state index contributed by atoms with van der Waals surface area (Å²) in [6.45, 7) is 8.33. The molecule has 0 atom stereocenters. The van der Waals surface area contributed by atoms with E-state index in [1.54, 1.807) is 0 Å². The Morgan fingerprint density at radius 2 is 1.56 bits per heavy atom. The van der Waals surface area contributed by atoms with Crippen molar-refractivity contribution in [2.24, 2.45) is 0 Å². The van der Waals surface area contributed by atoms with Crippen LogP contribution in [0.5, 0.6) is 0 Å². The van der Waals surface area contributed by atoms with Crippen molar-refractivity contribution in [2.75, 3.05) is 13.2 Å². The van der Waals surface area contributed by atoms with Gasteiger partial charge in [-0.2, -0.15) is 0 Å². The van der Waals surface area contributed by atoms with E-state index in [1.807, 2.05) is 27.7 Å². The molecular weight excluding hydrogens is 324 g/mol. The summed E-state index contributed by atoms with van der Waals surface area (Å²) in [5.74, 6) is -0.0783. The van der Waals surface area contributed by atoms with Crippen molar-refractivity contribution in [3.05, 3.63) is 0 Å². The van der Waals surface area contributed by atoms with Crippen molar-refractivity contribution in [1.82, 2.24) is 10.6 Å². The van der Waals surface area contributed by atoms with Crippen LogP contribution in [0.2, 0.25) is 0 Å². The third-order valence-corrected chi connectivity index (χ3v) is 5.11. The second-order valence-corrected chi connectivity index (χ2v) is 8.75. The van der Waals surface area contributed by atoms with E-state index in [1.165, 1.54) is 0 Å². The average molecular weight is 354 g/mol. The van der Waals surface area contributed by atoms with Crippen LogP contribution in [0.1, 0.15) is 59.8 Å². The van der Waals surface area contributed by atoms with E-state index in [-0.39, 0.29) is 41.9 Å². The first kappa shape index (κ1) is 18.5. The number of nitrogens with one attached hydrogen (secondary N) is 2. The second-order valence-electron chi connectivity index (χ2n) is 8.75. The van der Waals surface area contributed by atoms with Gasteiger partial charge in [0, 0.05) is 12.1 Å². The fraction of sp³-hybridized carbons (Fsp3) is 0.889. The van der Waals surface area contributed by atoms with Gasteiger partial charge in [0.15, 0.2) is 0 Å². The number of hydrogen-bond donors (Lipinski definition) is 2. The summed E-state index contributed by atoms with van der Waals surface area (Å²) in [4.78, 5) is 23.9. The molecule has 0 radical (unpaired) electrons. The summed E-state index contributed by atoms with van der Waals surface area (Å²) in [6.07, 6.45) is 4.07. The molecule has 4 fully saturated rings. The normalized spacial score (nSPS) is 35.7. The molecule has 2 amide bonds. The Morgan fingerprint density at radius 1 is 1.00 bits per heavy atom. The molecule has 2 N–H and O–H groups in total. The fourth-order valence-corrected chi connectivity index (χ4v) is 4.12. The van der Waals surface area contributed by atoms with Gasteiger partial charge in [-0.25, -0.2) is 4.79 Å². The Bertz CT molecular complexity index is 516. The average Bonchev–Trinajstić information content (AvgIpc) is 2.35. The zero-order chi connectivity index (χ0) is 18.3. The minimum Gasteiger partial charge on any atom is -0.444 e. The summed E-state index contributed by atoms with van der Waals surface area (Å²) < 4.78 is 16.4. The Kier molecular flexibility index (Phi) is 4.75. The first-order chi connectivity index (χ1) is 11.6. The van der Waals surface area contributed by atoms with E-state index >= 15 is 0 Å². The van der Waals surface area contributed by atoms with Gasteiger partial charge < -0.3 is 24.8 Å². The van der Waals surface area contributed by atoms with Gasteiger partial charge in [-0.15, -0.1) is 0 Å². The van der Waals surface area contributed by atoms with E-state index in [0.29, 0.717) is 0 Å². The smallest absolute Gasteiger partial charge is 0.408 e. The van der Waals surface area contributed by atoms with Crippen molar-refractivity contribution in [3.63, 3.8) is 0 Å². The second kappa shape index (κ2) is 6.43. The first-order valence-electron chi connectivity index (χ1n) is 9.18. The zero-order valence-corrected chi connectivity index (χ0v) is 15.6. The predicted molar refractivity (Wildman–Crippen MR) is 91.2 cm³/mol. The number of hydrogen-bond acceptors (Lipinski definition) is 5. The van der Waals surface area contributed by atoms with E-state index in [2.05, 4.69) is 10.6 Å². The van der Waals surface area contributed by atoms with Crippen LogP contribution in [0.4, 0.5) is 4.79 Å². The van der Waals surface area contributed by atoms with Gasteiger partial charge in [-0.3, -0.25) is 4.79 Å². The standard InChI is InChI=1S/C18H30N2O5/c1-5-23-12-6-13(7-12)24-8-14(21)19-17-9-18(10-17,11-17)20-15(22)25-16(2,3)4/h12-13H,5-11H2,1-4H3,(H,19,21)(H,20,22)/t12-,13+,17?,18?. The Labute approximate surface area is 149 Å². The van der Waals surface area contributed by atoms with E-state index in [4.69, 9.17) is 14.2 Å². The van der Waals surface area contributed by atoms with Crippen LogP contribution in [0.15, 0.2) is 0 Å². The first-order valence-corrected chi connectivity index (χ1v) is 9.18. The van der Waals surface area contributed by atoms with Gasteiger partial charge in [-0.1, -0.05) is 0 Å². The number of carbonyl (C=O) groups is 2. The predicted octanol–water partition coefficient (Wildman–Crippen LogP) is 1.89. The molecule has 4 aliphatic carbocycles. The third-order valence-electron chi connectivity index (χ3n) is 5.11. The molecule has 7 nitrogen and oxygen atoms in total.